The predicted molar refractivity (Wildman–Crippen MR) is 95.9 cm³/mol. The minimum atomic E-state index is -0.355. The molecule has 0 heterocycles. The molecule has 3 aromatic carbocycles. The monoisotopic (exact) mass is 326 g/mol. The number of methoxy groups -OCH3 is 1. The molecule has 0 saturated heterocycles. The van der Waals surface area contributed by atoms with E-state index >= 15 is 0 Å². The fourth-order valence-electron chi connectivity index (χ4n) is 2.71. The molecule has 3 aromatic rings. The molecule has 0 aliphatic heterocycles. The van der Waals surface area contributed by atoms with Gasteiger partial charge in [-0.1, -0.05) is 54.6 Å². The van der Waals surface area contributed by atoms with Crippen LogP contribution in [0.3, 0.4) is 0 Å². The average molecular weight is 326 g/mol. The van der Waals surface area contributed by atoms with Crippen LogP contribution in [0.5, 0.6) is 0 Å². The third-order valence-electron chi connectivity index (χ3n) is 3.96. The maximum atomic E-state index is 11.6. The smallest absolute Gasteiger partial charge is 0.337 e. The third kappa shape index (κ3) is 3.59. The van der Waals surface area contributed by atoms with E-state index in [0.717, 1.165) is 22.6 Å². The van der Waals surface area contributed by atoms with Crippen molar-refractivity contribution >= 4 is 5.97 Å². The Bertz CT molecular complexity index is 892. The van der Waals surface area contributed by atoms with Crippen LogP contribution in [0.2, 0.25) is 0 Å². The van der Waals surface area contributed by atoms with Crippen molar-refractivity contribution in [3.05, 3.63) is 113 Å². The van der Waals surface area contributed by atoms with Crippen molar-refractivity contribution < 1.29 is 9.53 Å². The molecular formula is C22H16NO2. The summed E-state index contributed by atoms with van der Waals surface area (Å²) in [6.07, 6.45) is 0. The molecular weight excluding hydrogens is 310 g/mol. The van der Waals surface area contributed by atoms with Gasteiger partial charge in [0.2, 0.25) is 0 Å². The summed E-state index contributed by atoms with van der Waals surface area (Å²) in [7, 11) is 1.37. The van der Waals surface area contributed by atoms with Crippen LogP contribution in [-0.4, -0.2) is 13.1 Å². The summed E-state index contributed by atoms with van der Waals surface area (Å²) >= 11 is 0. The number of ether oxygens (including phenoxy) is 1. The van der Waals surface area contributed by atoms with Gasteiger partial charge in [-0.25, -0.2) is 4.79 Å². The molecule has 0 unspecified atom stereocenters. The second kappa shape index (κ2) is 7.46. The van der Waals surface area contributed by atoms with Crippen LogP contribution in [0.15, 0.2) is 78.9 Å². The summed E-state index contributed by atoms with van der Waals surface area (Å²) in [5.74, 6) is 0.688. The van der Waals surface area contributed by atoms with Crippen LogP contribution in [0.1, 0.15) is 32.6 Å². The lowest BCUT2D eigenvalue weighted by Gasteiger charge is -2.18. The van der Waals surface area contributed by atoms with E-state index in [1.807, 2.05) is 54.6 Å². The summed E-state index contributed by atoms with van der Waals surface area (Å²) in [5, 5.41) is 9.01. The number of hydrogen-bond acceptors (Lipinski definition) is 3. The van der Waals surface area contributed by atoms with Gasteiger partial charge in [-0.3, -0.25) is 0 Å². The Hall–Kier alpha value is -3.38. The van der Waals surface area contributed by atoms with Crippen molar-refractivity contribution in [3.63, 3.8) is 0 Å². The number of hydrogen-bond donors (Lipinski definition) is 0. The second-order valence-electron chi connectivity index (χ2n) is 5.50. The fraction of sp³-hybridized carbons (Fsp3) is 0.0455. The van der Waals surface area contributed by atoms with Gasteiger partial charge in [-0.15, -0.1) is 0 Å². The maximum absolute atomic E-state index is 11.6. The van der Waals surface area contributed by atoms with E-state index < -0.39 is 0 Å². The number of nitriles is 1. The van der Waals surface area contributed by atoms with Crippen molar-refractivity contribution in [2.24, 2.45) is 0 Å². The Balaban J connectivity index is 2.05. The molecule has 0 bridgehead atoms. The van der Waals surface area contributed by atoms with E-state index in [4.69, 9.17) is 10.00 Å². The lowest BCUT2D eigenvalue weighted by molar-refractivity contribution is 0.0600. The highest BCUT2D eigenvalue weighted by Crippen LogP contribution is 2.31. The summed E-state index contributed by atoms with van der Waals surface area (Å²) in [6, 6.07) is 27.0. The standard InChI is InChI=1S/C22H16NO2/c1-25-22(24)20-13-11-19(12-14-20)21(17-5-3-2-4-6-17)18-9-7-16(15-23)8-10-18/h2-14H,1H3. The van der Waals surface area contributed by atoms with Crippen molar-refractivity contribution in [1.29, 1.82) is 5.26 Å². The van der Waals surface area contributed by atoms with Gasteiger partial charge in [0, 0.05) is 0 Å². The molecule has 0 aliphatic rings. The van der Waals surface area contributed by atoms with Gasteiger partial charge in [0.1, 0.15) is 0 Å². The maximum Gasteiger partial charge on any atom is 0.337 e. The fourth-order valence-corrected chi connectivity index (χ4v) is 2.71. The highest BCUT2D eigenvalue weighted by molar-refractivity contribution is 5.89. The SMILES string of the molecule is COC(=O)c1ccc([C](c2ccccc2)c2ccc(C#N)cc2)cc1. The highest BCUT2D eigenvalue weighted by Gasteiger charge is 2.18. The summed E-state index contributed by atoms with van der Waals surface area (Å²) < 4.78 is 4.76. The molecule has 25 heavy (non-hydrogen) atoms. The van der Waals surface area contributed by atoms with Crippen molar-refractivity contribution in [2.45, 2.75) is 0 Å². The normalized spacial score (nSPS) is 10.3. The van der Waals surface area contributed by atoms with E-state index in [0.29, 0.717) is 11.1 Å². The van der Waals surface area contributed by atoms with Gasteiger partial charge in [-0.05, 0) is 41.0 Å². The van der Waals surface area contributed by atoms with Crippen molar-refractivity contribution in [1.82, 2.24) is 0 Å². The molecule has 0 spiro atoms. The van der Waals surface area contributed by atoms with Gasteiger partial charge < -0.3 is 4.74 Å². The first-order chi connectivity index (χ1) is 12.2. The molecule has 1 radical (unpaired) electrons. The molecule has 0 aromatic heterocycles. The average Bonchev–Trinajstić information content (AvgIpc) is 2.69. The zero-order chi connectivity index (χ0) is 17.6. The van der Waals surface area contributed by atoms with Gasteiger partial charge in [0.15, 0.2) is 0 Å². The first-order valence-electron chi connectivity index (χ1n) is 7.84. The Morgan fingerprint density at radius 3 is 1.76 bits per heavy atom. The lowest BCUT2D eigenvalue weighted by atomic mass is 9.84. The molecule has 0 amide bonds. The first-order valence-corrected chi connectivity index (χ1v) is 7.84. The third-order valence-corrected chi connectivity index (χ3v) is 3.96. The lowest BCUT2D eigenvalue weighted by Crippen LogP contribution is -2.06. The van der Waals surface area contributed by atoms with Crippen LogP contribution in [0.4, 0.5) is 0 Å². The minimum absolute atomic E-state index is 0.355. The molecule has 3 nitrogen and oxygen atoms in total. The van der Waals surface area contributed by atoms with Gasteiger partial charge >= 0.3 is 5.97 Å². The molecule has 3 heteroatoms. The molecule has 0 atom stereocenters. The second-order valence-corrected chi connectivity index (χ2v) is 5.50. The molecule has 3 rings (SSSR count). The molecule has 121 valence electrons. The number of nitrogens with zero attached hydrogens (tertiary/aromatic N) is 1. The molecule has 0 N–H and O–H groups in total. The van der Waals surface area contributed by atoms with Gasteiger partial charge in [0.25, 0.3) is 0 Å². The van der Waals surface area contributed by atoms with Gasteiger partial charge in [-0.2, -0.15) is 5.26 Å². The van der Waals surface area contributed by atoms with Gasteiger partial charge in [0.05, 0.1) is 30.2 Å². The summed E-state index contributed by atoms with van der Waals surface area (Å²) in [6.45, 7) is 0. The minimum Gasteiger partial charge on any atom is -0.465 e. The Labute approximate surface area is 147 Å². The quantitative estimate of drug-likeness (QED) is 0.528. The van der Waals surface area contributed by atoms with Crippen molar-refractivity contribution in [2.75, 3.05) is 7.11 Å². The van der Waals surface area contributed by atoms with E-state index in [-0.39, 0.29) is 5.97 Å². The Morgan fingerprint density at radius 1 is 0.760 bits per heavy atom. The summed E-state index contributed by atoms with van der Waals surface area (Å²) in [4.78, 5) is 11.6. The topological polar surface area (TPSA) is 50.1 Å². The van der Waals surface area contributed by atoms with E-state index in [2.05, 4.69) is 6.07 Å². The Morgan fingerprint density at radius 2 is 1.24 bits per heavy atom. The number of benzene rings is 3. The number of carbonyl (C=O) groups is 1. The zero-order valence-corrected chi connectivity index (χ0v) is 13.8. The van der Waals surface area contributed by atoms with Crippen LogP contribution in [0, 0.1) is 17.2 Å². The van der Waals surface area contributed by atoms with Crippen molar-refractivity contribution in [3.8, 4) is 6.07 Å². The van der Waals surface area contributed by atoms with Crippen LogP contribution < -0.4 is 0 Å². The first kappa shape index (κ1) is 16.5. The number of carbonyl (C=O) groups excluding carboxylic acids is 1. The molecule has 0 fully saturated rings. The van der Waals surface area contributed by atoms with Crippen LogP contribution in [0.25, 0.3) is 0 Å². The zero-order valence-electron chi connectivity index (χ0n) is 13.8. The highest BCUT2D eigenvalue weighted by atomic mass is 16.5. The van der Waals surface area contributed by atoms with E-state index in [1.54, 1.807) is 24.3 Å². The molecule has 0 aliphatic carbocycles. The largest absolute Gasteiger partial charge is 0.465 e. The van der Waals surface area contributed by atoms with E-state index in [1.165, 1.54) is 7.11 Å². The Kier molecular flexibility index (Phi) is 4.92. The van der Waals surface area contributed by atoms with Crippen LogP contribution >= 0.6 is 0 Å². The van der Waals surface area contributed by atoms with Crippen LogP contribution in [-0.2, 0) is 4.74 Å². The summed E-state index contributed by atoms with van der Waals surface area (Å²) in [5.41, 5.74) is 4.20. The predicted octanol–water partition coefficient (Wildman–Crippen LogP) is 4.36. The molecule has 0 saturated carbocycles. The van der Waals surface area contributed by atoms with E-state index in [9.17, 15) is 4.79 Å². The number of rotatable bonds is 4. The number of esters is 1.